The van der Waals surface area contributed by atoms with Crippen molar-refractivity contribution < 1.29 is 33.0 Å². The van der Waals surface area contributed by atoms with Gasteiger partial charge in [0.25, 0.3) is 12.3 Å². The first kappa shape index (κ1) is 26.3. The average molecular weight is 536 g/mol. The maximum atomic E-state index is 13.5. The molecule has 0 saturated carbocycles. The molecule has 0 radical (unpaired) electrons. The highest BCUT2D eigenvalue weighted by molar-refractivity contribution is 6.30. The van der Waals surface area contributed by atoms with Gasteiger partial charge in [0.1, 0.15) is 30.4 Å². The predicted octanol–water partition coefficient (Wildman–Crippen LogP) is 2.67. The second-order valence-electron chi connectivity index (χ2n) is 8.69. The lowest BCUT2D eigenvalue weighted by atomic mass is 9.74. The minimum Gasteiger partial charge on any atom is -0.491 e. The summed E-state index contributed by atoms with van der Waals surface area (Å²) in [5, 5.41) is 16.8. The first-order chi connectivity index (χ1) is 17.7. The summed E-state index contributed by atoms with van der Waals surface area (Å²) in [6.45, 7) is -1.25. The largest absolute Gasteiger partial charge is 0.491 e. The van der Waals surface area contributed by atoms with Crippen LogP contribution in [0.25, 0.3) is 0 Å². The molecule has 10 nitrogen and oxygen atoms in total. The van der Waals surface area contributed by atoms with E-state index in [4.69, 9.17) is 16.3 Å². The molecule has 37 heavy (non-hydrogen) atoms. The number of carbonyl (C=O) groups excluding carboxylic acids is 2. The van der Waals surface area contributed by atoms with Gasteiger partial charge in [0.15, 0.2) is 0 Å². The van der Waals surface area contributed by atoms with E-state index in [0.717, 1.165) is 5.01 Å². The van der Waals surface area contributed by atoms with E-state index in [1.54, 1.807) is 42.6 Å². The number of carboxylic acid groups (broad SMARTS) is 1. The first-order valence-corrected chi connectivity index (χ1v) is 11.8. The van der Waals surface area contributed by atoms with E-state index in [2.05, 4.69) is 15.4 Å². The van der Waals surface area contributed by atoms with Crippen LogP contribution in [0.3, 0.4) is 0 Å². The second kappa shape index (κ2) is 11.1. The van der Waals surface area contributed by atoms with E-state index in [9.17, 15) is 28.3 Å². The number of carbonyl (C=O) groups is 3. The Morgan fingerprint density at radius 1 is 1.24 bits per heavy atom. The average Bonchev–Trinajstić information content (AvgIpc) is 3.11. The minimum atomic E-state index is -2.79. The molecule has 4 rings (SSSR count). The van der Waals surface area contributed by atoms with Crippen LogP contribution in [0.15, 0.2) is 53.8 Å². The van der Waals surface area contributed by atoms with Gasteiger partial charge in [-0.2, -0.15) is 5.10 Å². The van der Waals surface area contributed by atoms with Gasteiger partial charge in [-0.3, -0.25) is 14.6 Å². The Labute approximate surface area is 215 Å². The van der Waals surface area contributed by atoms with Crippen LogP contribution in [-0.4, -0.2) is 82.3 Å². The normalized spacial score (nSPS) is 19.9. The van der Waals surface area contributed by atoms with E-state index in [-0.39, 0.29) is 32.5 Å². The molecule has 0 spiro atoms. The molecule has 2 N–H and O–H groups in total. The summed E-state index contributed by atoms with van der Waals surface area (Å²) in [6, 6.07) is 10.2. The molecule has 2 aliphatic heterocycles. The fraction of sp³-hybridized carbons (Fsp3) is 0.375. The molecule has 196 valence electrons. The molecule has 13 heteroatoms. The van der Waals surface area contributed by atoms with Gasteiger partial charge in [0, 0.05) is 42.8 Å². The van der Waals surface area contributed by atoms with Crippen LogP contribution in [0.2, 0.25) is 5.02 Å². The molecule has 1 fully saturated rings. The lowest BCUT2D eigenvalue weighted by Gasteiger charge is -2.40. The molecule has 1 saturated heterocycles. The Morgan fingerprint density at radius 3 is 2.73 bits per heavy atom. The van der Waals surface area contributed by atoms with Gasteiger partial charge in [-0.1, -0.05) is 23.7 Å². The first-order valence-electron chi connectivity index (χ1n) is 11.4. The number of hydrazone groups is 1. The number of hydrogen-bond acceptors (Lipinski definition) is 6. The lowest BCUT2D eigenvalue weighted by molar-refractivity contribution is -0.142. The number of alkyl halides is 2. The summed E-state index contributed by atoms with van der Waals surface area (Å²) >= 11 is 5.96. The summed E-state index contributed by atoms with van der Waals surface area (Å²) < 4.78 is 31.9. The summed E-state index contributed by atoms with van der Waals surface area (Å²) in [7, 11) is 0. The van der Waals surface area contributed by atoms with Crippen LogP contribution in [0.5, 0.6) is 5.75 Å². The molecular formula is C24H24ClF2N5O5. The number of aromatic nitrogens is 1. The van der Waals surface area contributed by atoms with Crippen molar-refractivity contribution in [2.24, 2.45) is 10.5 Å². The van der Waals surface area contributed by atoms with Crippen molar-refractivity contribution in [2.75, 3.05) is 26.2 Å². The second-order valence-corrected chi connectivity index (χ2v) is 9.12. The third kappa shape index (κ3) is 5.96. The Kier molecular flexibility index (Phi) is 7.86. The zero-order chi connectivity index (χ0) is 26.6. The number of hydrogen-bond donors (Lipinski definition) is 2. The zero-order valence-corrected chi connectivity index (χ0v) is 20.3. The van der Waals surface area contributed by atoms with Crippen LogP contribution in [-0.2, 0) is 16.0 Å². The summed E-state index contributed by atoms with van der Waals surface area (Å²) in [5.74, 6) is -0.932. The SMILES string of the molecule is O=C(O)N[C@H](COc1cccc(Cl)c1)C(=O)N1CCC2=NN(CC(F)F)C(=O)[C@]2(Cc2ccccn2)C1. The van der Waals surface area contributed by atoms with Crippen LogP contribution in [0.1, 0.15) is 12.1 Å². The number of piperidine rings is 1. The molecule has 0 unspecified atom stereocenters. The molecule has 3 heterocycles. The van der Waals surface area contributed by atoms with E-state index in [1.165, 1.54) is 11.0 Å². The van der Waals surface area contributed by atoms with Gasteiger partial charge in [0.05, 0.1) is 5.71 Å². The molecule has 0 bridgehead atoms. The van der Waals surface area contributed by atoms with E-state index in [1.807, 2.05) is 0 Å². The van der Waals surface area contributed by atoms with Gasteiger partial charge in [-0.05, 0) is 30.3 Å². The standard InChI is InChI=1S/C24H24ClF2N5O5/c25-15-4-3-6-17(10-15)37-13-18(29-23(35)36)21(33)31-9-7-19-24(14-31,11-16-5-1-2-8-28-16)22(34)32(30-19)12-20(26)27/h1-6,8,10,18,20,29H,7,9,11-14H2,(H,35,36)/t18-,24-/m1/s1. The predicted molar refractivity (Wildman–Crippen MR) is 129 cm³/mol. The number of amides is 3. The van der Waals surface area contributed by atoms with Crippen LogP contribution in [0.4, 0.5) is 13.6 Å². The summed E-state index contributed by atoms with van der Waals surface area (Å²) in [5.41, 5.74) is -0.467. The fourth-order valence-corrected chi connectivity index (χ4v) is 4.70. The van der Waals surface area contributed by atoms with Crippen LogP contribution < -0.4 is 10.1 Å². The van der Waals surface area contributed by atoms with Crippen molar-refractivity contribution in [3.63, 3.8) is 0 Å². The number of ether oxygens (including phenoxy) is 1. The van der Waals surface area contributed by atoms with Crippen molar-refractivity contribution in [3.05, 3.63) is 59.4 Å². The Morgan fingerprint density at radius 2 is 2.05 bits per heavy atom. The number of rotatable bonds is 9. The fourth-order valence-electron chi connectivity index (χ4n) is 4.52. The molecular weight excluding hydrogens is 512 g/mol. The number of fused-ring (bicyclic) bond motifs is 1. The quantitative estimate of drug-likeness (QED) is 0.509. The molecule has 3 amide bonds. The van der Waals surface area contributed by atoms with Gasteiger partial charge in [-0.25, -0.2) is 18.6 Å². The zero-order valence-electron chi connectivity index (χ0n) is 19.5. The van der Waals surface area contributed by atoms with Crippen molar-refractivity contribution in [3.8, 4) is 5.75 Å². The van der Waals surface area contributed by atoms with Crippen molar-refractivity contribution in [2.45, 2.75) is 25.3 Å². The highest BCUT2D eigenvalue weighted by atomic mass is 35.5. The van der Waals surface area contributed by atoms with Gasteiger partial charge < -0.3 is 20.1 Å². The molecule has 2 atom stereocenters. The maximum absolute atomic E-state index is 13.5. The van der Waals surface area contributed by atoms with E-state index in [0.29, 0.717) is 22.2 Å². The van der Waals surface area contributed by atoms with Gasteiger partial charge >= 0.3 is 6.09 Å². The number of nitrogens with one attached hydrogen (secondary N) is 1. The Balaban J connectivity index is 1.58. The Hall–Kier alpha value is -3.80. The Bertz CT molecular complexity index is 1200. The number of halogens is 3. The van der Waals surface area contributed by atoms with Crippen molar-refractivity contribution in [1.82, 2.24) is 20.2 Å². The van der Waals surface area contributed by atoms with Crippen molar-refractivity contribution in [1.29, 1.82) is 0 Å². The summed E-state index contributed by atoms with van der Waals surface area (Å²) in [6.07, 6.45) is -2.48. The molecule has 2 aliphatic rings. The molecule has 1 aromatic carbocycles. The minimum absolute atomic E-state index is 0.0467. The van der Waals surface area contributed by atoms with Crippen LogP contribution >= 0.6 is 11.6 Å². The number of benzene rings is 1. The molecule has 2 aromatic rings. The number of nitrogens with zero attached hydrogens (tertiary/aromatic N) is 4. The van der Waals surface area contributed by atoms with Gasteiger partial charge in [-0.15, -0.1) is 0 Å². The molecule has 1 aromatic heterocycles. The number of pyridine rings is 1. The topological polar surface area (TPSA) is 124 Å². The summed E-state index contributed by atoms with van der Waals surface area (Å²) in [4.78, 5) is 43.9. The maximum Gasteiger partial charge on any atom is 0.405 e. The van der Waals surface area contributed by atoms with Crippen molar-refractivity contribution >= 4 is 35.2 Å². The smallest absolute Gasteiger partial charge is 0.405 e. The lowest BCUT2D eigenvalue weighted by Crippen LogP contribution is -2.60. The highest BCUT2D eigenvalue weighted by Crippen LogP contribution is 2.38. The third-order valence-electron chi connectivity index (χ3n) is 6.16. The number of likely N-dealkylation sites (tertiary alicyclic amines) is 1. The van der Waals surface area contributed by atoms with E-state index >= 15 is 0 Å². The highest BCUT2D eigenvalue weighted by Gasteiger charge is 2.55. The monoisotopic (exact) mass is 535 g/mol. The van der Waals surface area contributed by atoms with E-state index < -0.39 is 42.3 Å². The molecule has 0 aliphatic carbocycles. The van der Waals surface area contributed by atoms with Crippen LogP contribution in [0, 0.1) is 5.41 Å². The van der Waals surface area contributed by atoms with Gasteiger partial charge in [0.2, 0.25) is 5.91 Å². The third-order valence-corrected chi connectivity index (χ3v) is 6.39.